The van der Waals surface area contributed by atoms with Crippen molar-refractivity contribution in [3.63, 3.8) is 0 Å². The summed E-state index contributed by atoms with van der Waals surface area (Å²) in [6, 6.07) is -1.00. The Labute approximate surface area is 289 Å². The number of carbonyl (C=O) groups is 3. The fourth-order valence-corrected chi connectivity index (χ4v) is 5.07. The van der Waals surface area contributed by atoms with Crippen LogP contribution in [0.3, 0.4) is 0 Å². The number of carbonyl (C=O) groups excluding carboxylic acids is 3. The summed E-state index contributed by atoms with van der Waals surface area (Å²) in [4.78, 5) is 37.3. The molecule has 1 fully saturated rings. The molecule has 4 unspecified atom stereocenters. The van der Waals surface area contributed by atoms with Crippen molar-refractivity contribution < 1.29 is 19.5 Å². The minimum Gasteiger partial charge on any atom is -0.388 e. The predicted molar refractivity (Wildman–Crippen MR) is 199 cm³/mol. The van der Waals surface area contributed by atoms with Gasteiger partial charge >= 0.3 is 0 Å². The zero-order chi connectivity index (χ0) is 35.9. The third-order valence-electron chi connectivity index (χ3n) is 8.28. The van der Waals surface area contributed by atoms with Gasteiger partial charge in [-0.2, -0.15) is 0 Å². The average molecular weight is 661 g/mol. The summed E-state index contributed by atoms with van der Waals surface area (Å²) in [6.07, 6.45) is 33.9. The molecule has 1 rings (SSSR count). The molecule has 5 N–H and O–H groups in total. The summed E-state index contributed by atoms with van der Waals surface area (Å²) in [6.45, 7) is 10.9. The average Bonchev–Trinajstić information content (AvgIpc) is 3.36. The number of nitrogens with one attached hydrogen (secondary N) is 2. The number of Topliss-reactive ketones (excluding diaryl/α,β-unsaturated/α-hetero) is 2. The highest BCUT2D eigenvalue weighted by Crippen LogP contribution is 2.19. The number of nitrogens with zero attached hydrogens (tertiary/aromatic N) is 1. The summed E-state index contributed by atoms with van der Waals surface area (Å²) in [5, 5.41) is 20.7. The van der Waals surface area contributed by atoms with Crippen LogP contribution in [-0.4, -0.2) is 59.2 Å². The number of hydrogen-bond donors (Lipinski definition) is 4. The Bertz CT molecular complexity index is 1270. The number of unbranched alkanes of at least 4 members (excludes halogenated alkanes) is 2. The first-order chi connectivity index (χ1) is 22.8. The van der Waals surface area contributed by atoms with Crippen molar-refractivity contribution in [1.82, 2.24) is 10.2 Å². The number of guanidine groups is 1. The molecule has 0 aromatic rings. The van der Waals surface area contributed by atoms with E-state index in [1.807, 2.05) is 57.4 Å². The molecule has 4 atom stereocenters. The molecule has 1 amide bonds. The topological polar surface area (TPSA) is 137 Å². The van der Waals surface area contributed by atoms with Crippen LogP contribution in [0.5, 0.6) is 0 Å². The van der Waals surface area contributed by atoms with Gasteiger partial charge in [0.05, 0.1) is 6.10 Å². The molecule has 8 nitrogen and oxygen atoms in total. The number of aliphatic hydroxyl groups is 1. The lowest BCUT2D eigenvalue weighted by atomic mass is 9.93. The first-order valence-corrected chi connectivity index (χ1v) is 17.3. The van der Waals surface area contributed by atoms with Crippen molar-refractivity contribution in [1.29, 1.82) is 5.41 Å². The second-order valence-electron chi connectivity index (χ2n) is 12.9. The molecule has 0 spiro atoms. The van der Waals surface area contributed by atoms with Crippen molar-refractivity contribution in [2.45, 2.75) is 98.1 Å². The number of hydrogen-bond acceptors (Lipinski definition) is 5. The fraction of sp³-hybridized carbons (Fsp3) is 0.500. The van der Waals surface area contributed by atoms with Crippen LogP contribution in [-0.2, 0) is 14.4 Å². The van der Waals surface area contributed by atoms with Crippen LogP contribution in [0.2, 0.25) is 0 Å². The molecule has 0 aromatic heterocycles. The van der Waals surface area contributed by atoms with Gasteiger partial charge in [0.25, 0.3) is 0 Å². The van der Waals surface area contributed by atoms with Gasteiger partial charge in [0.15, 0.2) is 17.5 Å². The first-order valence-electron chi connectivity index (χ1n) is 17.3. The largest absolute Gasteiger partial charge is 0.388 e. The van der Waals surface area contributed by atoms with Gasteiger partial charge < -0.3 is 21.1 Å². The summed E-state index contributed by atoms with van der Waals surface area (Å²) < 4.78 is 0. The van der Waals surface area contributed by atoms with Crippen LogP contribution < -0.4 is 11.1 Å². The third-order valence-corrected chi connectivity index (χ3v) is 8.28. The van der Waals surface area contributed by atoms with E-state index in [2.05, 4.69) is 49.5 Å². The maximum Gasteiger partial charge on any atom is 0.247 e. The van der Waals surface area contributed by atoms with Gasteiger partial charge in [-0.1, -0.05) is 106 Å². The van der Waals surface area contributed by atoms with E-state index < -0.39 is 18.1 Å². The van der Waals surface area contributed by atoms with Gasteiger partial charge in [0.1, 0.15) is 6.04 Å². The Hall–Kier alpha value is -4.04. The van der Waals surface area contributed by atoms with Crippen molar-refractivity contribution in [2.75, 3.05) is 13.6 Å². The predicted octanol–water partition coefficient (Wildman–Crippen LogP) is 7.07. The van der Waals surface area contributed by atoms with E-state index in [1.54, 1.807) is 30.1 Å². The van der Waals surface area contributed by atoms with Crippen LogP contribution in [0, 0.1) is 23.2 Å². The Balaban J connectivity index is 2.32. The molecule has 0 bridgehead atoms. The monoisotopic (exact) mass is 660 g/mol. The van der Waals surface area contributed by atoms with Gasteiger partial charge in [-0.05, 0) is 69.8 Å². The van der Waals surface area contributed by atoms with E-state index in [0.717, 1.165) is 50.6 Å². The smallest absolute Gasteiger partial charge is 0.247 e. The first kappa shape index (κ1) is 42.0. The summed E-state index contributed by atoms with van der Waals surface area (Å²) >= 11 is 0. The van der Waals surface area contributed by atoms with E-state index in [9.17, 15) is 19.5 Å². The van der Waals surface area contributed by atoms with Crippen molar-refractivity contribution in [3.05, 3.63) is 96.2 Å². The molecule has 0 aliphatic heterocycles. The molecule has 48 heavy (non-hydrogen) atoms. The van der Waals surface area contributed by atoms with Crippen molar-refractivity contribution >= 4 is 23.4 Å². The van der Waals surface area contributed by atoms with Crippen molar-refractivity contribution in [2.24, 2.45) is 23.5 Å². The number of allylic oxidation sites excluding steroid dienone is 13. The van der Waals surface area contributed by atoms with Crippen LogP contribution in [0.15, 0.2) is 96.2 Å². The SMILES string of the molecule is CC(=CC=CC=CC=CC=CC(C)C(O)C(C)=CC(C)CCCC=CC(C)CC=CCCCN(C)C(=N)N)C(=O)NC1C(=O)CCC1=O. The zero-order valence-corrected chi connectivity index (χ0v) is 30.0. The standard InChI is InChI=1S/C40H60N4O4/c1-30(21-15-12-13-20-28-44(6)40(41)42)22-16-14-17-23-31(2)29-34(5)38(47)32(3)24-18-10-8-7-9-11-19-25-33(4)39(48)43-37-35(45)26-27-36(37)46/h7-12,15-16,18-19,22,24-25,29-32,37-38,47H,13-14,17,20-21,23,26-28H2,1-6H3,(H3,41,42)(H,43,48). The lowest BCUT2D eigenvalue weighted by Crippen LogP contribution is -2.42. The van der Waals surface area contributed by atoms with Crippen molar-refractivity contribution in [3.8, 4) is 0 Å². The van der Waals surface area contributed by atoms with Gasteiger partial charge in [-0.3, -0.25) is 19.8 Å². The highest BCUT2D eigenvalue weighted by Gasteiger charge is 2.34. The van der Waals surface area contributed by atoms with E-state index in [4.69, 9.17) is 11.1 Å². The molecular formula is C40H60N4O4. The molecule has 1 saturated carbocycles. The molecule has 1 aliphatic rings. The van der Waals surface area contributed by atoms with Crippen LogP contribution in [0.4, 0.5) is 0 Å². The minimum absolute atomic E-state index is 0.0172. The van der Waals surface area contributed by atoms with Gasteiger partial charge in [-0.25, -0.2) is 0 Å². The molecule has 0 radical (unpaired) electrons. The molecule has 0 aromatic carbocycles. The van der Waals surface area contributed by atoms with E-state index in [-0.39, 0.29) is 36.3 Å². The van der Waals surface area contributed by atoms with Crippen LogP contribution in [0.25, 0.3) is 0 Å². The fourth-order valence-electron chi connectivity index (χ4n) is 5.07. The van der Waals surface area contributed by atoms with Gasteiger partial charge in [0.2, 0.25) is 5.91 Å². The number of nitrogens with two attached hydrogens (primary N) is 1. The van der Waals surface area contributed by atoms with E-state index >= 15 is 0 Å². The number of aliphatic hydroxyl groups excluding tert-OH is 1. The summed E-state index contributed by atoms with van der Waals surface area (Å²) in [5.74, 6) is 0.131. The lowest BCUT2D eigenvalue weighted by Gasteiger charge is -2.18. The summed E-state index contributed by atoms with van der Waals surface area (Å²) in [5.41, 5.74) is 6.86. The Morgan fingerprint density at radius 2 is 1.52 bits per heavy atom. The van der Waals surface area contributed by atoms with Crippen LogP contribution in [0.1, 0.15) is 86.0 Å². The lowest BCUT2D eigenvalue weighted by molar-refractivity contribution is -0.129. The second-order valence-corrected chi connectivity index (χ2v) is 12.9. The molecular weight excluding hydrogens is 600 g/mol. The quantitative estimate of drug-likeness (QED) is 0.0198. The third kappa shape index (κ3) is 18.3. The zero-order valence-electron chi connectivity index (χ0n) is 30.0. The minimum atomic E-state index is -1.00. The Morgan fingerprint density at radius 3 is 2.17 bits per heavy atom. The Kier molecular flexibility index (Phi) is 21.1. The second kappa shape index (κ2) is 24.2. The number of ketones is 2. The molecule has 264 valence electrons. The van der Waals surface area contributed by atoms with Gasteiger partial charge in [0, 0.05) is 37.9 Å². The highest BCUT2D eigenvalue weighted by molar-refractivity contribution is 6.15. The maximum absolute atomic E-state index is 12.2. The maximum atomic E-state index is 12.2. The number of rotatable bonds is 21. The number of amides is 1. The van der Waals surface area contributed by atoms with Crippen LogP contribution >= 0.6 is 0 Å². The molecule has 0 saturated heterocycles. The Morgan fingerprint density at radius 1 is 0.917 bits per heavy atom. The van der Waals surface area contributed by atoms with Gasteiger partial charge in [-0.15, -0.1) is 0 Å². The molecule has 0 heterocycles. The summed E-state index contributed by atoms with van der Waals surface area (Å²) in [7, 11) is 1.84. The normalized spacial score (nSPS) is 18.0. The molecule has 8 heteroatoms. The van der Waals surface area contributed by atoms with E-state index in [0.29, 0.717) is 17.4 Å². The molecule has 1 aliphatic carbocycles. The van der Waals surface area contributed by atoms with E-state index in [1.165, 1.54) is 0 Å². The highest BCUT2D eigenvalue weighted by atomic mass is 16.3.